The summed E-state index contributed by atoms with van der Waals surface area (Å²) >= 11 is 0. The Morgan fingerprint density at radius 1 is 1.11 bits per heavy atom. The van der Waals surface area contributed by atoms with Crippen molar-refractivity contribution in [2.75, 3.05) is 0 Å². The minimum atomic E-state index is 0.707. The lowest BCUT2D eigenvalue weighted by Gasteiger charge is -2.09. The molecule has 3 heteroatoms. The fraction of sp³-hybridized carbons (Fsp3) is 0.188. The van der Waals surface area contributed by atoms with E-state index in [-0.39, 0.29) is 0 Å². The largest absolute Gasteiger partial charge is 0.312 e. The lowest BCUT2D eigenvalue weighted by Crippen LogP contribution is -2.31. The molecule has 0 aliphatic rings. The zero-order valence-corrected chi connectivity index (χ0v) is 11.4. The average Bonchev–Trinajstić information content (AvgIpc) is 2.43. The van der Waals surface area contributed by atoms with Gasteiger partial charge in [0.05, 0.1) is 5.69 Å². The van der Waals surface area contributed by atoms with E-state index in [4.69, 9.17) is 5.84 Å². The first kappa shape index (κ1) is 13.3. The molecule has 2 rings (SSSR count). The van der Waals surface area contributed by atoms with Crippen LogP contribution in [0, 0.1) is 13.8 Å². The van der Waals surface area contributed by atoms with Crippen molar-refractivity contribution in [3.63, 3.8) is 0 Å². The number of aryl methyl sites for hydroxylation is 2. The highest BCUT2D eigenvalue weighted by molar-refractivity contribution is 5.86. The number of nitrogens with two attached hydrogens (primary N) is 1. The standard InChI is InChI=1S/C16H19N3/c1-12-8-9-13(2)14(10-12)11-16(19-17)18-15-6-4-3-5-7-15/h3-10H,11,17H2,1-2H3,(H,18,19). The summed E-state index contributed by atoms with van der Waals surface area (Å²) in [5.74, 6) is 6.34. The summed E-state index contributed by atoms with van der Waals surface area (Å²) < 4.78 is 0. The van der Waals surface area contributed by atoms with E-state index in [1.54, 1.807) is 0 Å². The Morgan fingerprint density at radius 2 is 1.84 bits per heavy atom. The number of benzene rings is 2. The van der Waals surface area contributed by atoms with Gasteiger partial charge in [-0.3, -0.25) is 0 Å². The van der Waals surface area contributed by atoms with Crippen LogP contribution in [0.5, 0.6) is 0 Å². The molecule has 0 spiro atoms. The molecular weight excluding hydrogens is 234 g/mol. The Hall–Kier alpha value is -2.13. The van der Waals surface area contributed by atoms with Crippen molar-refractivity contribution in [3.05, 3.63) is 65.2 Å². The molecule has 0 bridgehead atoms. The van der Waals surface area contributed by atoms with Crippen LogP contribution in [0.25, 0.3) is 0 Å². The molecule has 0 aliphatic carbocycles. The highest BCUT2D eigenvalue weighted by atomic mass is 15.2. The van der Waals surface area contributed by atoms with Gasteiger partial charge in [-0.05, 0) is 37.1 Å². The molecule has 0 aliphatic heterocycles. The number of hydrogen-bond donors (Lipinski definition) is 2. The van der Waals surface area contributed by atoms with Gasteiger partial charge < -0.3 is 5.43 Å². The lowest BCUT2D eigenvalue weighted by atomic mass is 10.0. The highest BCUT2D eigenvalue weighted by Gasteiger charge is 2.04. The van der Waals surface area contributed by atoms with Gasteiger partial charge in [0.25, 0.3) is 0 Å². The summed E-state index contributed by atoms with van der Waals surface area (Å²) in [6.07, 6.45) is 0.707. The van der Waals surface area contributed by atoms with Crippen LogP contribution < -0.4 is 11.3 Å². The van der Waals surface area contributed by atoms with Crippen LogP contribution in [0.4, 0.5) is 5.69 Å². The molecular formula is C16H19N3. The van der Waals surface area contributed by atoms with Crippen molar-refractivity contribution in [2.45, 2.75) is 20.3 Å². The van der Waals surface area contributed by atoms with Gasteiger partial charge in [0.15, 0.2) is 0 Å². The molecule has 19 heavy (non-hydrogen) atoms. The van der Waals surface area contributed by atoms with Crippen molar-refractivity contribution in [3.8, 4) is 0 Å². The second kappa shape index (κ2) is 6.16. The van der Waals surface area contributed by atoms with Crippen molar-refractivity contribution in [1.82, 2.24) is 5.43 Å². The normalized spacial score (nSPS) is 11.4. The Bertz CT molecular complexity index is 574. The first-order valence-corrected chi connectivity index (χ1v) is 6.34. The third-order valence-corrected chi connectivity index (χ3v) is 3.05. The molecule has 98 valence electrons. The third kappa shape index (κ3) is 3.66. The summed E-state index contributed by atoms with van der Waals surface area (Å²) in [4.78, 5) is 4.52. The third-order valence-electron chi connectivity index (χ3n) is 3.05. The van der Waals surface area contributed by atoms with Gasteiger partial charge in [-0.15, -0.1) is 0 Å². The summed E-state index contributed by atoms with van der Waals surface area (Å²) in [7, 11) is 0. The van der Waals surface area contributed by atoms with Crippen LogP contribution >= 0.6 is 0 Å². The number of rotatable bonds is 3. The van der Waals surface area contributed by atoms with Gasteiger partial charge in [-0.1, -0.05) is 42.0 Å². The first-order valence-electron chi connectivity index (χ1n) is 6.34. The Labute approximate surface area is 114 Å². The van der Waals surface area contributed by atoms with E-state index >= 15 is 0 Å². The Balaban J connectivity index is 2.24. The van der Waals surface area contributed by atoms with E-state index in [0.717, 1.165) is 11.5 Å². The molecule has 0 saturated heterocycles. The van der Waals surface area contributed by atoms with Crippen molar-refractivity contribution in [2.24, 2.45) is 10.8 Å². The van der Waals surface area contributed by atoms with Gasteiger partial charge in [0, 0.05) is 6.42 Å². The van der Waals surface area contributed by atoms with Crippen LogP contribution in [0.1, 0.15) is 16.7 Å². The molecule has 0 atom stereocenters. The topological polar surface area (TPSA) is 50.4 Å². The molecule has 0 amide bonds. The second-order valence-corrected chi connectivity index (χ2v) is 4.65. The maximum atomic E-state index is 5.58. The number of aliphatic imine (C=N–C) groups is 1. The number of nitrogens with one attached hydrogen (secondary N) is 1. The smallest absolute Gasteiger partial charge is 0.121 e. The molecule has 2 aromatic carbocycles. The van der Waals surface area contributed by atoms with E-state index in [1.165, 1.54) is 16.7 Å². The van der Waals surface area contributed by atoms with Crippen molar-refractivity contribution >= 4 is 11.5 Å². The van der Waals surface area contributed by atoms with Gasteiger partial charge in [0.1, 0.15) is 5.84 Å². The monoisotopic (exact) mass is 253 g/mol. The fourth-order valence-electron chi connectivity index (χ4n) is 1.95. The van der Waals surface area contributed by atoms with Crippen molar-refractivity contribution in [1.29, 1.82) is 0 Å². The molecule has 0 fully saturated rings. The molecule has 0 saturated carbocycles. The molecule has 0 heterocycles. The minimum absolute atomic E-state index is 0.707. The maximum Gasteiger partial charge on any atom is 0.121 e. The number of para-hydroxylation sites is 1. The fourth-order valence-corrected chi connectivity index (χ4v) is 1.95. The summed E-state index contributed by atoms with van der Waals surface area (Å²) in [6, 6.07) is 16.2. The van der Waals surface area contributed by atoms with E-state index in [2.05, 4.69) is 42.5 Å². The summed E-state index contributed by atoms with van der Waals surface area (Å²) in [6.45, 7) is 4.19. The maximum absolute atomic E-state index is 5.58. The summed E-state index contributed by atoms with van der Waals surface area (Å²) in [5.41, 5.74) is 7.34. The van der Waals surface area contributed by atoms with Crippen LogP contribution in [0.2, 0.25) is 0 Å². The van der Waals surface area contributed by atoms with Crippen molar-refractivity contribution < 1.29 is 0 Å². The molecule has 3 nitrogen and oxygen atoms in total. The number of hydrazine groups is 1. The predicted octanol–water partition coefficient (Wildman–Crippen LogP) is 3.04. The Kier molecular flexibility index (Phi) is 4.31. The predicted molar refractivity (Wildman–Crippen MR) is 80.5 cm³/mol. The van der Waals surface area contributed by atoms with Gasteiger partial charge >= 0.3 is 0 Å². The molecule has 0 radical (unpaired) electrons. The van der Waals surface area contributed by atoms with Crippen LogP contribution in [0.3, 0.4) is 0 Å². The average molecular weight is 253 g/mol. The zero-order valence-electron chi connectivity index (χ0n) is 11.4. The van der Waals surface area contributed by atoms with Gasteiger partial charge in [0.2, 0.25) is 0 Å². The number of nitrogens with zero attached hydrogens (tertiary/aromatic N) is 1. The quantitative estimate of drug-likeness (QED) is 0.382. The number of hydrogen-bond acceptors (Lipinski definition) is 2. The van der Waals surface area contributed by atoms with E-state index in [1.807, 2.05) is 30.3 Å². The second-order valence-electron chi connectivity index (χ2n) is 4.65. The molecule has 0 unspecified atom stereocenters. The van der Waals surface area contributed by atoms with Crippen LogP contribution in [-0.4, -0.2) is 5.84 Å². The minimum Gasteiger partial charge on any atom is -0.312 e. The summed E-state index contributed by atoms with van der Waals surface area (Å²) in [5, 5.41) is 0. The Morgan fingerprint density at radius 3 is 2.53 bits per heavy atom. The van der Waals surface area contributed by atoms with Crippen LogP contribution in [-0.2, 0) is 6.42 Å². The molecule has 2 aromatic rings. The van der Waals surface area contributed by atoms with Crippen LogP contribution in [0.15, 0.2) is 53.5 Å². The number of amidine groups is 1. The van der Waals surface area contributed by atoms with Gasteiger partial charge in [-0.25, -0.2) is 10.8 Å². The lowest BCUT2D eigenvalue weighted by molar-refractivity contribution is 0.984. The first-order chi connectivity index (χ1) is 9.19. The molecule has 0 aromatic heterocycles. The highest BCUT2D eigenvalue weighted by Crippen LogP contribution is 2.14. The zero-order chi connectivity index (χ0) is 13.7. The van der Waals surface area contributed by atoms with E-state index in [0.29, 0.717) is 6.42 Å². The van der Waals surface area contributed by atoms with E-state index in [9.17, 15) is 0 Å². The van der Waals surface area contributed by atoms with E-state index < -0.39 is 0 Å². The van der Waals surface area contributed by atoms with Gasteiger partial charge in [-0.2, -0.15) is 0 Å². The molecule has 3 N–H and O–H groups in total. The SMILES string of the molecule is Cc1ccc(C)c(CC(=Nc2ccccc2)NN)c1.